The van der Waals surface area contributed by atoms with Crippen molar-refractivity contribution in [3.63, 3.8) is 0 Å². The van der Waals surface area contributed by atoms with Gasteiger partial charge >= 0.3 is 0 Å². The van der Waals surface area contributed by atoms with Crippen molar-refractivity contribution in [2.24, 2.45) is 11.5 Å². The van der Waals surface area contributed by atoms with Gasteiger partial charge in [-0.05, 0) is 12.1 Å². The molecule has 2 rings (SSSR count). The van der Waals surface area contributed by atoms with Gasteiger partial charge in [0.15, 0.2) is 0 Å². The molecule has 98 valence electrons. The predicted molar refractivity (Wildman–Crippen MR) is 70.1 cm³/mol. The second kappa shape index (κ2) is 5.79. The molecular weight excluding hydrogens is 230 g/mol. The van der Waals surface area contributed by atoms with Crippen molar-refractivity contribution in [1.82, 2.24) is 9.88 Å². The maximum atomic E-state index is 10.9. The molecule has 0 radical (unpaired) electrons. The number of hydrogen-bond acceptors (Lipinski definition) is 5. The zero-order valence-corrected chi connectivity index (χ0v) is 10.3. The van der Waals surface area contributed by atoms with Gasteiger partial charge < -0.3 is 16.4 Å². The van der Waals surface area contributed by atoms with E-state index in [1.807, 2.05) is 18.2 Å². The van der Waals surface area contributed by atoms with Gasteiger partial charge in [0.25, 0.3) is 0 Å². The highest BCUT2D eigenvalue weighted by atomic mass is 16.1. The third kappa shape index (κ3) is 3.18. The van der Waals surface area contributed by atoms with Gasteiger partial charge in [0.1, 0.15) is 5.82 Å². The van der Waals surface area contributed by atoms with E-state index in [4.69, 9.17) is 11.5 Å². The highest BCUT2D eigenvalue weighted by Crippen LogP contribution is 2.12. The summed E-state index contributed by atoms with van der Waals surface area (Å²) < 4.78 is 0. The number of amides is 1. The fourth-order valence-electron chi connectivity index (χ4n) is 2.07. The Labute approximate surface area is 107 Å². The summed E-state index contributed by atoms with van der Waals surface area (Å²) >= 11 is 0. The van der Waals surface area contributed by atoms with Crippen molar-refractivity contribution in [2.45, 2.75) is 6.04 Å². The lowest BCUT2D eigenvalue weighted by Crippen LogP contribution is -2.52. The summed E-state index contributed by atoms with van der Waals surface area (Å²) in [6.45, 7) is 4.06. The topological polar surface area (TPSA) is 88.5 Å². The second-order valence-corrected chi connectivity index (χ2v) is 4.48. The van der Waals surface area contributed by atoms with Gasteiger partial charge in [-0.25, -0.2) is 4.98 Å². The van der Waals surface area contributed by atoms with Crippen molar-refractivity contribution in [1.29, 1.82) is 0 Å². The zero-order chi connectivity index (χ0) is 13.0. The smallest absolute Gasteiger partial charge is 0.235 e. The van der Waals surface area contributed by atoms with E-state index in [-0.39, 0.29) is 0 Å². The van der Waals surface area contributed by atoms with Crippen LogP contribution in [-0.4, -0.2) is 54.6 Å². The van der Waals surface area contributed by atoms with Crippen LogP contribution in [0, 0.1) is 0 Å². The maximum absolute atomic E-state index is 10.9. The van der Waals surface area contributed by atoms with E-state index >= 15 is 0 Å². The third-order valence-corrected chi connectivity index (χ3v) is 3.17. The molecule has 0 saturated carbocycles. The van der Waals surface area contributed by atoms with Crippen molar-refractivity contribution in [3.05, 3.63) is 24.4 Å². The van der Waals surface area contributed by atoms with Crippen LogP contribution in [0.2, 0.25) is 0 Å². The van der Waals surface area contributed by atoms with Crippen LogP contribution in [0.3, 0.4) is 0 Å². The summed E-state index contributed by atoms with van der Waals surface area (Å²) in [7, 11) is 0. The molecule has 1 amide bonds. The summed E-state index contributed by atoms with van der Waals surface area (Å²) in [4.78, 5) is 19.6. The summed E-state index contributed by atoms with van der Waals surface area (Å²) in [6, 6.07) is 5.32. The number of nitrogens with zero attached hydrogens (tertiary/aromatic N) is 3. The Bertz CT molecular complexity index is 389. The Morgan fingerprint density at radius 3 is 2.61 bits per heavy atom. The van der Waals surface area contributed by atoms with Crippen LogP contribution in [0.4, 0.5) is 5.82 Å². The molecule has 0 aromatic carbocycles. The molecule has 18 heavy (non-hydrogen) atoms. The molecule has 1 unspecified atom stereocenters. The lowest BCUT2D eigenvalue weighted by Gasteiger charge is -2.36. The van der Waals surface area contributed by atoms with E-state index < -0.39 is 11.9 Å². The number of anilines is 1. The first-order valence-electron chi connectivity index (χ1n) is 6.10. The molecule has 1 fully saturated rings. The minimum Gasteiger partial charge on any atom is -0.368 e. The molecule has 1 atom stereocenters. The first-order chi connectivity index (χ1) is 8.66. The highest BCUT2D eigenvalue weighted by molar-refractivity contribution is 5.79. The first kappa shape index (κ1) is 12.8. The average molecular weight is 249 g/mol. The number of piperazine rings is 1. The quantitative estimate of drug-likeness (QED) is 0.716. The van der Waals surface area contributed by atoms with Crippen molar-refractivity contribution >= 4 is 11.7 Å². The summed E-state index contributed by atoms with van der Waals surface area (Å²) in [6.07, 6.45) is 1.80. The van der Waals surface area contributed by atoms with Gasteiger partial charge in [-0.1, -0.05) is 6.07 Å². The monoisotopic (exact) mass is 249 g/mol. The second-order valence-electron chi connectivity index (χ2n) is 4.48. The Morgan fingerprint density at radius 1 is 1.33 bits per heavy atom. The summed E-state index contributed by atoms with van der Waals surface area (Å²) in [5, 5.41) is 0. The van der Waals surface area contributed by atoms with E-state index in [1.165, 1.54) is 0 Å². The molecule has 1 aliphatic heterocycles. The summed E-state index contributed by atoms with van der Waals surface area (Å²) in [5.41, 5.74) is 10.8. The van der Waals surface area contributed by atoms with Gasteiger partial charge in [0.2, 0.25) is 5.91 Å². The fourth-order valence-corrected chi connectivity index (χ4v) is 2.07. The Morgan fingerprint density at radius 2 is 2.06 bits per heavy atom. The molecule has 0 spiro atoms. The van der Waals surface area contributed by atoms with Crippen molar-refractivity contribution in [2.75, 3.05) is 37.6 Å². The molecule has 4 N–H and O–H groups in total. The highest BCUT2D eigenvalue weighted by Gasteiger charge is 2.21. The number of carbonyl (C=O) groups is 1. The lowest BCUT2D eigenvalue weighted by atomic mass is 10.2. The maximum Gasteiger partial charge on any atom is 0.235 e. The van der Waals surface area contributed by atoms with Gasteiger partial charge in [0, 0.05) is 38.9 Å². The fraction of sp³-hybridized carbons (Fsp3) is 0.500. The number of pyridine rings is 1. The number of rotatable bonds is 4. The van der Waals surface area contributed by atoms with Crippen molar-refractivity contribution in [3.8, 4) is 0 Å². The number of aromatic nitrogens is 1. The number of hydrogen-bond donors (Lipinski definition) is 2. The molecule has 1 aromatic heterocycles. The van der Waals surface area contributed by atoms with Crippen LogP contribution in [0.25, 0.3) is 0 Å². The van der Waals surface area contributed by atoms with E-state index in [1.54, 1.807) is 6.20 Å². The minimum atomic E-state index is -0.577. The molecule has 6 heteroatoms. The normalized spacial score (nSPS) is 18.6. The molecule has 0 bridgehead atoms. The number of primary amides is 1. The third-order valence-electron chi connectivity index (χ3n) is 3.17. The molecular formula is C12H19N5O. The Balaban J connectivity index is 1.83. The Kier molecular flexibility index (Phi) is 4.11. The van der Waals surface area contributed by atoms with E-state index in [2.05, 4.69) is 14.8 Å². The van der Waals surface area contributed by atoms with Gasteiger partial charge in [0.05, 0.1) is 6.04 Å². The van der Waals surface area contributed by atoms with Crippen LogP contribution in [0.5, 0.6) is 0 Å². The van der Waals surface area contributed by atoms with Gasteiger partial charge in [-0.15, -0.1) is 0 Å². The number of carbonyl (C=O) groups excluding carboxylic acids is 1. The lowest BCUT2D eigenvalue weighted by molar-refractivity contribution is -0.119. The van der Waals surface area contributed by atoms with E-state index in [0.29, 0.717) is 6.54 Å². The van der Waals surface area contributed by atoms with E-state index in [9.17, 15) is 4.79 Å². The molecule has 2 heterocycles. The van der Waals surface area contributed by atoms with Crippen LogP contribution < -0.4 is 16.4 Å². The number of nitrogens with two attached hydrogens (primary N) is 2. The van der Waals surface area contributed by atoms with Gasteiger partial charge in [-0.2, -0.15) is 0 Å². The van der Waals surface area contributed by atoms with Gasteiger partial charge in [-0.3, -0.25) is 9.69 Å². The standard InChI is InChI=1S/C12H19N5O/c13-10(12(14)18)9-16-5-7-17(8-6-16)11-3-1-2-4-15-11/h1-4,10H,5-9,13H2,(H2,14,18). The summed E-state index contributed by atoms with van der Waals surface area (Å²) in [5.74, 6) is 0.554. The predicted octanol–water partition coefficient (Wildman–Crippen LogP) is -0.984. The molecule has 6 nitrogen and oxygen atoms in total. The first-order valence-corrected chi connectivity index (χ1v) is 6.10. The largest absolute Gasteiger partial charge is 0.368 e. The van der Waals surface area contributed by atoms with Crippen LogP contribution in [0.1, 0.15) is 0 Å². The molecule has 1 saturated heterocycles. The zero-order valence-electron chi connectivity index (χ0n) is 10.3. The van der Waals surface area contributed by atoms with Crippen LogP contribution >= 0.6 is 0 Å². The minimum absolute atomic E-state index is 0.442. The average Bonchev–Trinajstić information content (AvgIpc) is 2.40. The van der Waals surface area contributed by atoms with Crippen molar-refractivity contribution < 1.29 is 4.79 Å². The van der Waals surface area contributed by atoms with Crippen LogP contribution in [0.15, 0.2) is 24.4 Å². The molecule has 0 aliphatic carbocycles. The molecule has 1 aromatic rings. The molecule has 1 aliphatic rings. The van der Waals surface area contributed by atoms with Crippen LogP contribution in [-0.2, 0) is 4.79 Å². The Hall–Kier alpha value is -1.66. The SMILES string of the molecule is NC(=O)C(N)CN1CCN(c2ccccn2)CC1. The van der Waals surface area contributed by atoms with E-state index in [0.717, 1.165) is 32.0 Å².